The van der Waals surface area contributed by atoms with Crippen molar-refractivity contribution in [3.05, 3.63) is 48.3 Å². The van der Waals surface area contributed by atoms with Crippen LogP contribution in [0.3, 0.4) is 0 Å². The summed E-state index contributed by atoms with van der Waals surface area (Å²) < 4.78 is 80.7. The van der Waals surface area contributed by atoms with E-state index < -0.39 is 38.8 Å². The maximum Gasteiger partial charge on any atom is 0.573 e. The number of ether oxygens (including phenoxy) is 1. The molecule has 0 bridgehead atoms. The molecule has 0 aromatic heterocycles. The Morgan fingerprint density at radius 3 is 2.42 bits per heavy atom. The zero-order valence-corrected chi connectivity index (χ0v) is 13.9. The number of sulfonamides is 1. The number of carbonyl (C=O) groups excluding carboxylic acids is 1. The van der Waals surface area contributed by atoms with Crippen molar-refractivity contribution in [2.45, 2.75) is 18.2 Å². The van der Waals surface area contributed by atoms with Gasteiger partial charge >= 0.3 is 6.36 Å². The first-order valence-electron chi connectivity index (χ1n) is 6.92. The van der Waals surface area contributed by atoms with E-state index in [-0.39, 0.29) is 11.4 Å². The maximum absolute atomic E-state index is 13.6. The van der Waals surface area contributed by atoms with Gasteiger partial charge in [0.1, 0.15) is 11.6 Å². The Bertz CT molecular complexity index is 929. The SMILES string of the molecule is CC(=O)Nc1cc(NS(=O)(=O)c2cccc(OC(F)(F)F)c2)ccc1F. The summed E-state index contributed by atoms with van der Waals surface area (Å²) in [6.07, 6.45) is -4.97. The van der Waals surface area contributed by atoms with Crippen LogP contribution in [-0.2, 0) is 14.8 Å². The van der Waals surface area contributed by atoms with Crippen molar-refractivity contribution in [3.63, 3.8) is 0 Å². The Labute approximate surface area is 145 Å². The Kier molecular flexibility index (Phi) is 5.40. The molecule has 0 heterocycles. The molecule has 1 amide bonds. The van der Waals surface area contributed by atoms with Crippen LogP contribution in [0.5, 0.6) is 5.75 Å². The number of hydrogen-bond acceptors (Lipinski definition) is 4. The smallest absolute Gasteiger partial charge is 0.406 e. The van der Waals surface area contributed by atoms with Crippen molar-refractivity contribution >= 4 is 27.3 Å². The zero-order valence-electron chi connectivity index (χ0n) is 13.1. The number of alkyl halides is 3. The van der Waals surface area contributed by atoms with Gasteiger partial charge < -0.3 is 10.1 Å². The Morgan fingerprint density at radius 1 is 1.12 bits per heavy atom. The lowest BCUT2D eigenvalue weighted by atomic mass is 10.2. The summed E-state index contributed by atoms with van der Waals surface area (Å²) in [4.78, 5) is 10.5. The second-order valence-electron chi connectivity index (χ2n) is 5.00. The molecular formula is C15H12F4N2O4S. The standard InChI is InChI=1S/C15H12F4N2O4S/c1-9(22)20-14-7-10(5-6-13(14)16)21-26(23,24)12-4-2-3-11(8-12)25-15(17,18)19/h2-8,21H,1H3,(H,20,22). The summed E-state index contributed by atoms with van der Waals surface area (Å²) in [5.74, 6) is -2.07. The number of halogens is 4. The quantitative estimate of drug-likeness (QED) is 0.763. The molecule has 0 saturated carbocycles. The van der Waals surface area contributed by atoms with Gasteiger partial charge in [0.25, 0.3) is 10.0 Å². The average molecular weight is 392 g/mol. The topological polar surface area (TPSA) is 84.5 Å². The number of rotatable bonds is 5. The third kappa shape index (κ3) is 5.34. The van der Waals surface area contributed by atoms with Crippen LogP contribution in [0.1, 0.15) is 6.92 Å². The van der Waals surface area contributed by atoms with E-state index in [1.807, 2.05) is 0 Å². The second-order valence-corrected chi connectivity index (χ2v) is 6.69. The van der Waals surface area contributed by atoms with Gasteiger partial charge in [-0.2, -0.15) is 0 Å². The molecule has 0 aliphatic heterocycles. The first-order chi connectivity index (χ1) is 12.0. The lowest BCUT2D eigenvalue weighted by Crippen LogP contribution is -2.18. The van der Waals surface area contributed by atoms with Gasteiger partial charge in [0.05, 0.1) is 16.3 Å². The van der Waals surface area contributed by atoms with E-state index >= 15 is 0 Å². The molecule has 140 valence electrons. The van der Waals surface area contributed by atoms with Gasteiger partial charge in [-0.3, -0.25) is 9.52 Å². The van der Waals surface area contributed by atoms with Crippen LogP contribution in [0, 0.1) is 5.82 Å². The van der Waals surface area contributed by atoms with Crippen molar-refractivity contribution in [1.29, 1.82) is 0 Å². The number of carbonyl (C=O) groups is 1. The summed E-state index contributed by atoms with van der Waals surface area (Å²) in [6.45, 7) is 1.14. The van der Waals surface area contributed by atoms with Crippen LogP contribution in [0.15, 0.2) is 47.4 Å². The van der Waals surface area contributed by atoms with E-state index in [4.69, 9.17) is 0 Å². The van der Waals surface area contributed by atoms with Crippen LogP contribution in [0.2, 0.25) is 0 Å². The Hall–Kier alpha value is -2.82. The largest absolute Gasteiger partial charge is 0.573 e. The number of nitrogens with one attached hydrogen (secondary N) is 2. The highest BCUT2D eigenvalue weighted by atomic mass is 32.2. The van der Waals surface area contributed by atoms with E-state index in [9.17, 15) is 30.8 Å². The van der Waals surface area contributed by atoms with Gasteiger partial charge in [-0.25, -0.2) is 12.8 Å². The number of amides is 1. The lowest BCUT2D eigenvalue weighted by Gasteiger charge is -2.12. The third-order valence-corrected chi connectivity index (χ3v) is 4.26. The number of hydrogen-bond donors (Lipinski definition) is 2. The molecule has 0 spiro atoms. The van der Waals surface area contributed by atoms with Crippen LogP contribution in [0.4, 0.5) is 28.9 Å². The van der Waals surface area contributed by atoms with Crippen molar-refractivity contribution in [3.8, 4) is 5.75 Å². The molecule has 0 saturated heterocycles. The molecule has 6 nitrogen and oxygen atoms in total. The highest BCUT2D eigenvalue weighted by molar-refractivity contribution is 7.92. The first-order valence-corrected chi connectivity index (χ1v) is 8.40. The van der Waals surface area contributed by atoms with Crippen molar-refractivity contribution in [1.82, 2.24) is 0 Å². The molecule has 0 aliphatic rings. The van der Waals surface area contributed by atoms with Crippen LogP contribution >= 0.6 is 0 Å². The van der Waals surface area contributed by atoms with Crippen LogP contribution < -0.4 is 14.8 Å². The minimum absolute atomic E-state index is 0.0997. The fraction of sp³-hybridized carbons (Fsp3) is 0.133. The predicted octanol–water partition coefficient (Wildman–Crippen LogP) is 3.48. The molecule has 26 heavy (non-hydrogen) atoms. The summed E-state index contributed by atoms with van der Waals surface area (Å²) in [7, 11) is -4.28. The minimum Gasteiger partial charge on any atom is -0.406 e. The molecule has 0 unspecified atom stereocenters. The molecule has 2 aromatic carbocycles. The summed E-state index contributed by atoms with van der Waals surface area (Å²) in [5.41, 5.74) is -0.357. The molecule has 0 aliphatic carbocycles. The van der Waals surface area contributed by atoms with Crippen LogP contribution in [0.25, 0.3) is 0 Å². The molecule has 2 rings (SSSR count). The van der Waals surface area contributed by atoms with Gasteiger partial charge in [0.2, 0.25) is 5.91 Å². The fourth-order valence-electron chi connectivity index (χ4n) is 1.93. The lowest BCUT2D eigenvalue weighted by molar-refractivity contribution is -0.274. The number of anilines is 2. The molecule has 11 heteroatoms. The highest BCUT2D eigenvalue weighted by Gasteiger charge is 2.31. The zero-order chi connectivity index (χ0) is 19.5. The highest BCUT2D eigenvalue weighted by Crippen LogP contribution is 2.27. The summed E-state index contributed by atoms with van der Waals surface area (Å²) >= 11 is 0. The molecular weight excluding hydrogens is 380 g/mol. The van der Waals surface area contributed by atoms with Gasteiger partial charge in [0, 0.05) is 13.0 Å². The molecule has 2 N–H and O–H groups in total. The summed E-state index contributed by atoms with van der Waals surface area (Å²) in [5, 5.41) is 2.18. The van der Waals surface area contributed by atoms with Crippen molar-refractivity contribution in [2.75, 3.05) is 10.0 Å². The Morgan fingerprint density at radius 2 is 1.81 bits per heavy atom. The van der Waals surface area contributed by atoms with Crippen molar-refractivity contribution in [2.24, 2.45) is 0 Å². The average Bonchev–Trinajstić information content (AvgIpc) is 2.48. The molecule has 2 aromatic rings. The van der Waals surface area contributed by atoms with Gasteiger partial charge in [-0.05, 0) is 30.3 Å². The third-order valence-electron chi connectivity index (χ3n) is 2.88. The van der Waals surface area contributed by atoms with E-state index in [1.165, 1.54) is 0 Å². The second kappa shape index (κ2) is 7.20. The van der Waals surface area contributed by atoms with E-state index in [0.717, 1.165) is 43.3 Å². The van der Waals surface area contributed by atoms with Gasteiger partial charge in [-0.1, -0.05) is 6.07 Å². The molecule has 0 radical (unpaired) electrons. The van der Waals surface area contributed by atoms with Crippen molar-refractivity contribution < 1.29 is 35.5 Å². The fourth-order valence-corrected chi connectivity index (χ4v) is 3.01. The van der Waals surface area contributed by atoms with Gasteiger partial charge in [0.15, 0.2) is 0 Å². The van der Waals surface area contributed by atoms with Gasteiger partial charge in [-0.15, -0.1) is 13.2 Å². The number of benzene rings is 2. The van der Waals surface area contributed by atoms with Crippen LogP contribution in [-0.4, -0.2) is 20.7 Å². The maximum atomic E-state index is 13.6. The first kappa shape index (κ1) is 19.5. The Balaban J connectivity index is 2.29. The monoisotopic (exact) mass is 392 g/mol. The van der Waals surface area contributed by atoms with E-state index in [0.29, 0.717) is 6.07 Å². The minimum atomic E-state index is -4.97. The normalized spacial score (nSPS) is 11.7. The molecule has 0 atom stereocenters. The van der Waals surface area contributed by atoms with E-state index in [1.54, 1.807) is 0 Å². The molecule has 0 fully saturated rings. The summed E-state index contributed by atoms with van der Waals surface area (Å²) in [6, 6.07) is 6.81. The van der Waals surface area contributed by atoms with E-state index in [2.05, 4.69) is 14.8 Å². The predicted molar refractivity (Wildman–Crippen MR) is 84.6 cm³/mol.